The number of carbonyl (C=O) groups excluding carboxylic acids is 3. The van der Waals surface area contributed by atoms with Gasteiger partial charge in [0, 0.05) is 11.1 Å². The van der Waals surface area contributed by atoms with Gasteiger partial charge in [-0.1, -0.05) is 24.3 Å². The van der Waals surface area contributed by atoms with Crippen LogP contribution in [0.2, 0.25) is 0 Å². The predicted molar refractivity (Wildman–Crippen MR) is 101 cm³/mol. The normalized spacial score (nSPS) is 18.5. The van der Waals surface area contributed by atoms with Crippen molar-refractivity contribution in [3.05, 3.63) is 60.3 Å². The lowest BCUT2D eigenvalue weighted by molar-refractivity contribution is -0.132. The zero-order valence-electron chi connectivity index (χ0n) is 14.5. The second kappa shape index (κ2) is 6.60. The van der Waals surface area contributed by atoms with Crippen molar-refractivity contribution in [2.24, 2.45) is 10.9 Å². The number of fused-ring (bicyclic) bond motifs is 2. The van der Waals surface area contributed by atoms with Crippen LogP contribution in [0.1, 0.15) is 5.69 Å². The number of pyridine rings is 1. The first-order valence-corrected chi connectivity index (χ1v) is 8.48. The van der Waals surface area contributed by atoms with Gasteiger partial charge in [-0.05, 0) is 37.3 Å². The van der Waals surface area contributed by atoms with Crippen LogP contribution in [-0.2, 0) is 9.59 Å². The van der Waals surface area contributed by atoms with Crippen LogP contribution >= 0.6 is 0 Å². The lowest BCUT2D eigenvalue weighted by atomic mass is 9.95. The molecule has 7 nitrogen and oxygen atoms in total. The first-order valence-electron chi connectivity index (χ1n) is 8.48. The number of anilines is 1. The molecule has 0 radical (unpaired) electrons. The highest BCUT2D eigenvalue weighted by molar-refractivity contribution is 6.22. The minimum Gasteiger partial charge on any atom is -0.324 e. The molecule has 2 heterocycles. The Hall–Kier alpha value is -3.61. The highest BCUT2D eigenvalue weighted by Crippen LogP contribution is 2.23. The molecule has 1 aliphatic heterocycles. The highest BCUT2D eigenvalue weighted by Gasteiger charge is 2.36. The molecule has 1 aromatic carbocycles. The second-order valence-electron chi connectivity index (χ2n) is 6.34. The molecular weight excluding hydrogens is 344 g/mol. The summed E-state index contributed by atoms with van der Waals surface area (Å²) in [5, 5.41) is 3.54. The van der Waals surface area contributed by atoms with Crippen molar-refractivity contribution < 1.29 is 14.4 Å². The lowest BCUT2D eigenvalue weighted by Gasteiger charge is -2.27. The van der Waals surface area contributed by atoms with Gasteiger partial charge in [-0.3, -0.25) is 19.5 Å². The topological polar surface area (TPSA) is 91.7 Å². The quantitative estimate of drug-likeness (QED) is 0.911. The third-order valence-corrected chi connectivity index (χ3v) is 4.43. The van der Waals surface area contributed by atoms with Crippen molar-refractivity contribution in [2.45, 2.75) is 6.92 Å². The van der Waals surface area contributed by atoms with Crippen molar-refractivity contribution >= 4 is 40.1 Å². The summed E-state index contributed by atoms with van der Waals surface area (Å²) in [5.41, 5.74) is 2.61. The number of rotatable bonds is 3. The molecule has 27 heavy (non-hydrogen) atoms. The SMILES string of the molecule is Cc1ccc2c(NC(=O)CN3C(=O)N=C4C=CC=CC4C3=O)cccc2n1. The fourth-order valence-corrected chi connectivity index (χ4v) is 3.13. The average molecular weight is 360 g/mol. The van der Waals surface area contributed by atoms with Crippen LogP contribution in [0, 0.1) is 12.8 Å². The third-order valence-electron chi connectivity index (χ3n) is 4.43. The van der Waals surface area contributed by atoms with Gasteiger partial charge in [0.1, 0.15) is 6.54 Å². The van der Waals surface area contributed by atoms with E-state index in [1.165, 1.54) is 0 Å². The van der Waals surface area contributed by atoms with Gasteiger partial charge >= 0.3 is 6.03 Å². The molecule has 7 heteroatoms. The van der Waals surface area contributed by atoms with Crippen molar-refractivity contribution in [2.75, 3.05) is 11.9 Å². The Labute approximate surface area is 155 Å². The number of benzene rings is 1. The van der Waals surface area contributed by atoms with Gasteiger partial charge in [0.05, 0.1) is 22.8 Å². The number of imide groups is 1. The second-order valence-corrected chi connectivity index (χ2v) is 6.34. The number of aromatic nitrogens is 1. The standard InChI is InChI=1S/C20H16N4O3/c1-12-9-10-13-15(21-12)7-4-8-16(13)22-18(25)11-24-19(26)14-5-2-3-6-17(14)23-20(24)27/h2-10,14H,11H2,1H3,(H,22,25). The van der Waals surface area contributed by atoms with Gasteiger partial charge in [0.15, 0.2) is 0 Å². The number of aryl methyl sites for hydroxylation is 1. The van der Waals surface area contributed by atoms with Crippen LogP contribution in [0.25, 0.3) is 10.9 Å². The molecule has 0 fully saturated rings. The van der Waals surface area contributed by atoms with Crippen LogP contribution < -0.4 is 5.32 Å². The molecule has 1 aliphatic carbocycles. The van der Waals surface area contributed by atoms with Crippen molar-refractivity contribution in [3.8, 4) is 0 Å². The van der Waals surface area contributed by atoms with E-state index in [-0.39, 0.29) is 0 Å². The van der Waals surface area contributed by atoms with E-state index >= 15 is 0 Å². The Morgan fingerprint density at radius 2 is 2.04 bits per heavy atom. The van der Waals surface area contributed by atoms with Crippen LogP contribution in [0.3, 0.4) is 0 Å². The van der Waals surface area contributed by atoms with Gasteiger partial charge in [0.25, 0.3) is 0 Å². The van der Waals surface area contributed by atoms with E-state index in [1.54, 1.807) is 36.4 Å². The molecule has 2 aromatic rings. The third kappa shape index (κ3) is 3.15. The fraction of sp³-hybridized carbons (Fsp3) is 0.150. The molecule has 0 saturated carbocycles. The van der Waals surface area contributed by atoms with Crippen molar-refractivity contribution in [1.29, 1.82) is 0 Å². The Balaban J connectivity index is 1.54. The Bertz CT molecular complexity index is 1070. The number of urea groups is 1. The maximum Gasteiger partial charge on any atom is 0.351 e. The number of aliphatic imine (C=N–C) groups is 1. The van der Waals surface area contributed by atoms with E-state index in [1.807, 2.05) is 25.1 Å². The maximum absolute atomic E-state index is 12.6. The summed E-state index contributed by atoms with van der Waals surface area (Å²) >= 11 is 0. The average Bonchev–Trinajstić information content (AvgIpc) is 2.65. The van der Waals surface area contributed by atoms with Crippen LogP contribution in [0.4, 0.5) is 10.5 Å². The number of carbonyl (C=O) groups is 3. The minimum absolute atomic E-state index is 0.391. The molecule has 0 bridgehead atoms. The number of allylic oxidation sites excluding steroid dienone is 3. The summed E-state index contributed by atoms with van der Waals surface area (Å²) in [4.78, 5) is 46.4. The summed E-state index contributed by atoms with van der Waals surface area (Å²) in [5.74, 6) is -1.54. The van der Waals surface area contributed by atoms with E-state index in [4.69, 9.17) is 0 Å². The van der Waals surface area contributed by atoms with Crippen LogP contribution in [-0.4, -0.2) is 40.0 Å². The van der Waals surface area contributed by atoms with Crippen LogP contribution in [0.15, 0.2) is 59.6 Å². The van der Waals surface area contributed by atoms with Gasteiger partial charge in [0.2, 0.25) is 11.8 Å². The number of nitrogens with one attached hydrogen (secondary N) is 1. The van der Waals surface area contributed by atoms with Gasteiger partial charge < -0.3 is 5.32 Å². The first kappa shape index (κ1) is 16.8. The predicted octanol–water partition coefficient (Wildman–Crippen LogP) is 2.63. The molecule has 1 N–H and O–H groups in total. The number of hydrogen-bond donors (Lipinski definition) is 1. The molecule has 0 spiro atoms. The molecule has 134 valence electrons. The summed E-state index contributed by atoms with van der Waals surface area (Å²) < 4.78 is 0. The minimum atomic E-state index is -0.725. The first-order chi connectivity index (χ1) is 13.0. The monoisotopic (exact) mass is 360 g/mol. The molecule has 1 aromatic heterocycles. The molecule has 1 unspecified atom stereocenters. The number of nitrogens with zero attached hydrogens (tertiary/aromatic N) is 3. The van der Waals surface area contributed by atoms with E-state index < -0.39 is 30.3 Å². The summed E-state index contributed by atoms with van der Waals surface area (Å²) in [6.45, 7) is 1.50. The largest absolute Gasteiger partial charge is 0.351 e. The molecule has 0 saturated heterocycles. The van der Waals surface area contributed by atoms with Gasteiger partial charge in [-0.25, -0.2) is 4.79 Å². The Morgan fingerprint density at radius 3 is 2.89 bits per heavy atom. The molecule has 1 atom stereocenters. The van der Waals surface area contributed by atoms with E-state index in [2.05, 4.69) is 15.3 Å². The highest BCUT2D eigenvalue weighted by atomic mass is 16.2. The maximum atomic E-state index is 12.6. The van der Waals surface area contributed by atoms with Crippen LogP contribution in [0.5, 0.6) is 0 Å². The van der Waals surface area contributed by atoms with Gasteiger partial charge in [-0.15, -0.1) is 0 Å². The van der Waals surface area contributed by atoms with Crippen molar-refractivity contribution in [3.63, 3.8) is 0 Å². The molecular formula is C20H16N4O3. The van der Waals surface area contributed by atoms with E-state index in [9.17, 15) is 14.4 Å². The smallest absolute Gasteiger partial charge is 0.324 e. The Kier molecular flexibility index (Phi) is 4.12. The zero-order valence-corrected chi connectivity index (χ0v) is 14.5. The van der Waals surface area contributed by atoms with E-state index in [0.717, 1.165) is 21.5 Å². The fourth-order valence-electron chi connectivity index (χ4n) is 3.13. The molecule has 4 amide bonds. The molecule has 2 aliphatic rings. The van der Waals surface area contributed by atoms with Crippen molar-refractivity contribution in [1.82, 2.24) is 9.88 Å². The number of hydrogen-bond acceptors (Lipinski definition) is 4. The van der Waals surface area contributed by atoms with E-state index in [0.29, 0.717) is 11.4 Å². The summed E-state index contributed by atoms with van der Waals surface area (Å²) in [7, 11) is 0. The summed E-state index contributed by atoms with van der Waals surface area (Å²) in [6, 6.07) is 8.40. The zero-order chi connectivity index (χ0) is 19.0. The Morgan fingerprint density at radius 1 is 1.19 bits per heavy atom. The number of amides is 4. The lowest BCUT2D eigenvalue weighted by Crippen LogP contribution is -2.49. The summed E-state index contributed by atoms with van der Waals surface area (Å²) in [6.07, 6.45) is 6.73. The van der Waals surface area contributed by atoms with Gasteiger partial charge in [-0.2, -0.15) is 4.99 Å². The molecule has 4 rings (SSSR count).